The molecule has 1 aromatic carbocycles. The summed E-state index contributed by atoms with van der Waals surface area (Å²) >= 11 is 0. The van der Waals surface area contributed by atoms with Crippen molar-refractivity contribution in [3.8, 4) is 5.75 Å². The molecule has 1 aromatic rings. The highest BCUT2D eigenvalue weighted by Crippen LogP contribution is 2.25. The van der Waals surface area contributed by atoms with E-state index in [4.69, 9.17) is 4.74 Å². The molecule has 0 aromatic heterocycles. The van der Waals surface area contributed by atoms with Gasteiger partial charge in [0.05, 0.1) is 7.11 Å². The third-order valence-electron chi connectivity index (χ3n) is 3.21. The molecule has 0 saturated heterocycles. The number of ether oxygens (including phenoxy) is 1. The predicted molar refractivity (Wildman–Crippen MR) is 67.1 cm³/mol. The molecule has 0 fully saturated rings. The fourth-order valence-corrected chi connectivity index (χ4v) is 2.47. The zero-order valence-electron chi connectivity index (χ0n) is 10.4. The van der Waals surface area contributed by atoms with Crippen molar-refractivity contribution >= 4 is 0 Å². The fourth-order valence-electron chi connectivity index (χ4n) is 2.47. The molecule has 0 aliphatic heterocycles. The second-order valence-corrected chi connectivity index (χ2v) is 4.90. The highest BCUT2D eigenvalue weighted by molar-refractivity contribution is 5.37. The van der Waals surface area contributed by atoms with Gasteiger partial charge in [0.25, 0.3) is 0 Å². The van der Waals surface area contributed by atoms with Gasteiger partial charge in [0.1, 0.15) is 5.75 Å². The molecule has 0 spiro atoms. The maximum atomic E-state index is 5.28. The first kappa shape index (κ1) is 11.5. The lowest BCUT2D eigenvalue weighted by Crippen LogP contribution is -2.38. The van der Waals surface area contributed by atoms with Crippen LogP contribution in [0.5, 0.6) is 5.75 Å². The normalized spacial score (nSPS) is 19.6. The third-order valence-corrected chi connectivity index (χ3v) is 3.21. The molecule has 0 heterocycles. The molecule has 88 valence electrons. The van der Waals surface area contributed by atoms with Crippen molar-refractivity contribution in [1.29, 1.82) is 0 Å². The summed E-state index contributed by atoms with van der Waals surface area (Å²) in [4.78, 5) is 0. The minimum Gasteiger partial charge on any atom is -0.497 e. The molecular formula is C14H21NO. The van der Waals surface area contributed by atoms with Gasteiger partial charge in [-0.15, -0.1) is 0 Å². The van der Waals surface area contributed by atoms with E-state index in [1.807, 2.05) is 0 Å². The number of hydrogen-bond donors (Lipinski definition) is 1. The summed E-state index contributed by atoms with van der Waals surface area (Å²) in [5.41, 5.74) is 2.94. The number of hydrogen-bond acceptors (Lipinski definition) is 2. The van der Waals surface area contributed by atoms with E-state index in [1.165, 1.54) is 24.0 Å². The Bertz CT molecular complexity index is 360. The predicted octanol–water partition coefficient (Wildman–Crippen LogP) is 2.55. The molecule has 1 aliphatic rings. The Morgan fingerprint density at radius 3 is 2.81 bits per heavy atom. The van der Waals surface area contributed by atoms with E-state index in [1.54, 1.807) is 7.11 Å². The van der Waals surface area contributed by atoms with Crippen LogP contribution in [0.15, 0.2) is 18.2 Å². The summed E-state index contributed by atoms with van der Waals surface area (Å²) in [6.07, 6.45) is 3.56. The molecule has 1 unspecified atom stereocenters. The highest BCUT2D eigenvalue weighted by atomic mass is 16.5. The van der Waals surface area contributed by atoms with Crippen molar-refractivity contribution in [2.24, 2.45) is 0 Å². The fraction of sp³-hybridized carbons (Fsp3) is 0.571. The Labute approximate surface area is 98.0 Å². The average molecular weight is 219 g/mol. The zero-order chi connectivity index (χ0) is 11.5. The molecule has 1 atom stereocenters. The largest absolute Gasteiger partial charge is 0.497 e. The minimum atomic E-state index is 0.567. The van der Waals surface area contributed by atoms with Crippen LogP contribution < -0.4 is 10.1 Å². The van der Waals surface area contributed by atoms with Crippen LogP contribution in [0.4, 0.5) is 0 Å². The SMILES string of the molecule is COc1ccc2c(c1)CC(NC(C)C)CC2. The molecule has 2 heteroatoms. The van der Waals surface area contributed by atoms with Crippen LogP contribution >= 0.6 is 0 Å². The molecule has 1 N–H and O–H groups in total. The molecule has 1 aliphatic carbocycles. The molecule has 16 heavy (non-hydrogen) atoms. The summed E-state index contributed by atoms with van der Waals surface area (Å²) in [5.74, 6) is 0.976. The van der Waals surface area contributed by atoms with Crippen LogP contribution in [-0.4, -0.2) is 19.2 Å². The second-order valence-electron chi connectivity index (χ2n) is 4.90. The molecule has 0 amide bonds. The summed E-state index contributed by atoms with van der Waals surface area (Å²) in [6, 6.07) is 7.65. The topological polar surface area (TPSA) is 21.3 Å². The molecule has 0 radical (unpaired) electrons. The number of nitrogens with one attached hydrogen (secondary N) is 1. The second kappa shape index (κ2) is 4.88. The Morgan fingerprint density at radius 1 is 1.31 bits per heavy atom. The van der Waals surface area contributed by atoms with Crippen molar-refractivity contribution < 1.29 is 4.74 Å². The minimum absolute atomic E-state index is 0.567. The maximum absolute atomic E-state index is 5.28. The van der Waals surface area contributed by atoms with Gasteiger partial charge in [-0.05, 0) is 42.5 Å². The van der Waals surface area contributed by atoms with Gasteiger partial charge in [0.2, 0.25) is 0 Å². The zero-order valence-corrected chi connectivity index (χ0v) is 10.4. The van der Waals surface area contributed by atoms with Crippen LogP contribution in [-0.2, 0) is 12.8 Å². The first-order valence-electron chi connectivity index (χ1n) is 6.11. The van der Waals surface area contributed by atoms with Gasteiger partial charge in [-0.3, -0.25) is 0 Å². The number of aryl methyl sites for hydroxylation is 1. The van der Waals surface area contributed by atoms with E-state index in [-0.39, 0.29) is 0 Å². The standard InChI is InChI=1S/C14H21NO/c1-10(2)15-13-6-4-11-5-7-14(16-3)9-12(11)8-13/h5,7,9-10,13,15H,4,6,8H2,1-3H3. The quantitative estimate of drug-likeness (QED) is 0.843. The Morgan fingerprint density at radius 2 is 2.12 bits per heavy atom. The molecule has 2 nitrogen and oxygen atoms in total. The number of methoxy groups -OCH3 is 1. The Kier molecular flexibility index (Phi) is 3.49. The van der Waals surface area contributed by atoms with Gasteiger partial charge in [0, 0.05) is 12.1 Å². The number of benzene rings is 1. The van der Waals surface area contributed by atoms with E-state index in [9.17, 15) is 0 Å². The maximum Gasteiger partial charge on any atom is 0.119 e. The lowest BCUT2D eigenvalue weighted by Gasteiger charge is -2.27. The van der Waals surface area contributed by atoms with Crippen molar-refractivity contribution in [2.75, 3.05) is 7.11 Å². The van der Waals surface area contributed by atoms with Gasteiger partial charge in [-0.25, -0.2) is 0 Å². The smallest absolute Gasteiger partial charge is 0.119 e. The van der Waals surface area contributed by atoms with Crippen molar-refractivity contribution in [3.05, 3.63) is 29.3 Å². The van der Waals surface area contributed by atoms with Crippen LogP contribution in [0, 0.1) is 0 Å². The summed E-state index contributed by atoms with van der Waals surface area (Å²) < 4.78 is 5.28. The van der Waals surface area contributed by atoms with Gasteiger partial charge in [-0.1, -0.05) is 19.9 Å². The van der Waals surface area contributed by atoms with Crippen LogP contribution in [0.25, 0.3) is 0 Å². The van der Waals surface area contributed by atoms with E-state index < -0.39 is 0 Å². The van der Waals surface area contributed by atoms with Gasteiger partial charge in [0.15, 0.2) is 0 Å². The van der Waals surface area contributed by atoms with E-state index >= 15 is 0 Å². The first-order chi connectivity index (χ1) is 7.69. The number of rotatable bonds is 3. The van der Waals surface area contributed by atoms with E-state index in [0.29, 0.717) is 12.1 Å². The first-order valence-corrected chi connectivity index (χ1v) is 6.11. The molecule has 0 bridgehead atoms. The Balaban J connectivity index is 2.12. The summed E-state index contributed by atoms with van der Waals surface area (Å²) in [6.45, 7) is 4.42. The van der Waals surface area contributed by atoms with Crippen LogP contribution in [0.2, 0.25) is 0 Å². The summed E-state index contributed by atoms with van der Waals surface area (Å²) in [7, 11) is 1.73. The van der Waals surface area contributed by atoms with Crippen LogP contribution in [0.3, 0.4) is 0 Å². The average Bonchev–Trinajstić information content (AvgIpc) is 2.27. The molecule has 2 rings (SSSR count). The van der Waals surface area contributed by atoms with E-state index in [2.05, 4.69) is 37.4 Å². The van der Waals surface area contributed by atoms with Gasteiger partial charge >= 0.3 is 0 Å². The van der Waals surface area contributed by atoms with Crippen LogP contribution in [0.1, 0.15) is 31.4 Å². The van der Waals surface area contributed by atoms with Gasteiger partial charge < -0.3 is 10.1 Å². The highest BCUT2D eigenvalue weighted by Gasteiger charge is 2.19. The number of fused-ring (bicyclic) bond motifs is 1. The lowest BCUT2D eigenvalue weighted by atomic mass is 9.88. The monoisotopic (exact) mass is 219 g/mol. The lowest BCUT2D eigenvalue weighted by molar-refractivity contribution is 0.406. The molecular weight excluding hydrogens is 198 g/mol. The van der Waals surface area contributed by atoms with Gasteiger partial charge in [-0.2, -0.15) is 0 Å². The van der Waals surface area contributed by atoms with Crippen molar-refractivity contribution in [3.63, 3.8) is 0 Å². The Hall–Kier alpha value is -1.02. The summed E-state index contributed by atoms with van der Waals surface area (Å²) in [5, 5.41) is 3.62. The van der Waals surface area contributed by atoms with Crippen molar-refractivity contribution in [2.45, 2.75) is 45.2 Å². The van der Waals surface area contributed by atoms with Crippen molar-refractivity contribution in [1.82, 2.24) is 5.32 Å². The molecule has 0 saturated carbocycles. The van der Waals surface area contributed by atoms with E-state index in [0.717, 1.165) is 12.2 Å². The third kappa shape index (κ3) is 2.56.